The fraction of sp³-hybridized carbons (Fsp3) is 0.556. The van der Waals surface area contributed by atoms with E-state index < -0.39 is 12.6 Å². The Morgan fingerprint density at radius 1 is 1.21 bits per heavy atom. The summed E-state index contributed by atoms with van der Waals surface area (Å²) in [6.45, 7) is 3.62. The van der Waals surface area contributed by atoms with E-state index in [9.17, 15) is 14.7 Å². The maximum Gasteiger partial charge on any atom is 0.341 e. The summed E-state index contributed by atoms with van der Waals surface area (Å²) in [5.74, 6) is -0.620. The quantitative estimate of drug-likeness (QED) is 0.739. The summed E-state index contributed by atoms with van der Waals surface area (Å²) in [5.41, 5.74) is 1.95. The van der Waals surface area contributed by atoms with Crippen molar-refractivity contribution in [2.24, 2.45) is 5.92 Å². The number of aliphatic hydroxyl groups is 1. The Hall–Kier alpha value is -2.08. The van der Waals surface area contributed by atoms with E-state index in [1.165, 1.54) is 0 Å². The van der Waals surface area contributed by atoms with Crippen molar-refractivity contribution in [3.05, 3.63) is 28.8 Å². The van der Waals surface area contributed by atoms with E-state index in [2.05, 4.69) is 5.32 Å². The number of carboxylic acids is 1. The van der Waals surface area contributed by atoms with E-state index in [4.69, 9.17) is 9.84 Å². The van der Waals surface area contributed by atoms with Gasteiger partial charge in [-0.3, -0.25) is 4.79 Å². The molecule has 1 amide bonds. The van der Waals surface area contributed by atoms with Crippen molar-refractivity contribution in [1.29, 1.82) is 0 Å². The van der Waals surface area contributed by atoms with Gasteiger partial charge in [0, 0.05) is 18.0 Å². The Balaban J connectivity index is 2.00. The number of carbonyl (C=O) groups is 2. The summed E-state index contributed by atoms with van der Waals surface area (Å²) >= 11 is 0. The number of carboxylic acid groups (broad SMARTS) is 1. The number of aliphatic carboxylic acids is 1. The van der Waals surface area contributed by atoms with E-state index in [0.29, 0.717) is 17.9 Å². The van der Waals surface area contributed by atoms with Crippen LogP contribution in [0.15, 0.2) is 12.1 Å². The highest BCUT2D eigenvalue weighted by molar-refractivity contribution is 5.94. The molecular weight excluding hydrogens is 310 g/mol. The number of amides is 1. The van der Waals surface area contributed by atoms with Gasteiger partial charge in [-0.25, -0.2) is 4.79 Å². The third-order valence-corrected chi connectivity index (χ3v) is 4.46. The maximum absolute atomic E-state index is 12.3. The molecule has 132 valence electrons. The minimum absolute atomic E-state index is 0.114. The van der Waals surface area contributed by atoms with Crippen LogP contribution in [-0.2, 0) is 4.79 Å². The second kappa shape index (κ2) is 8.15. The summed E-state index contributed by atoms with van der Waals surface area (Å²) in [6.07, 6.45) is 3.53. The molecule has 0 spiro atoms. The monoisotopic (exact) mass is 335 g/mol. The zero-order valence-electron chi connectivity index (χ0n) is 14.2. The molecule has 0 aliphatic heterocycles. The van der Waals surface area contributed by atoms with Gasteiger partial charge in [0.25, 0.3) is 5.91 Å². The first-order valence-electron chi connectivity index (χ1n) is 8.30. The predicted molar refractivity (Wildman–Crippen MR) is 89.3 cm³/mol. The molecule has 24 heavy (non-hydrogen) atoms. The van der Waals surface area contributed by atoms with Gasteiger partial charge in [-0.15, -0.1) is 0 Å². The summed E-state index contributed by atoms with van der Waals surface area (Å²) in [5, 5.41) is 21.6. The molecule has 3 N–H and O–H groups in total. The Kier molecular flexibility index (Phi) is 6.20. The highest BCUT2D eigenvalue weighted by atomic mass is 16.5. The Bertz CT molecular complexity index is 590. The third-order valence-electron chi connectivity index (χ3n) is 4.46. The van der Waals surface area contributed by atoms with Gasteiger partial charge in [-0.1, -0.05) is 12.8 Å². The van der Waals surface area contributed by atoms with Crippen LogP contribution >= 0.6 is 0 Å². The Labute approximate surface area is 141 Å². The second-order valence-corrected chi connectivity index (χ2v) is 6.44. The highest BCUT2D eigenvalue weighted by Crippen LogP contribution is 2.26. The normalized spacial score (nSPS) is 20.5. The van der Waals surface area contributed by atoms with Crippen molar-refractivity contribution in [2.75, 3.05) is 13.2 Å². The van der Waals surface area contributed by atoms with Gasteiger partial charge in [0.2, 0.25) is 0 Å². The number of rotatable bonds is 6. The summed E-state index contributed by atoms with van der Waals surface area (Å²) in [6, 6.07) is 3.38. The molecule has 1 aromatic carbocycles. The molecule has 1 aliphatic rings. The number of ether oxygens (including phenoxy) is 1. The number of carbonyl (C=O) groups excluding carboxylic acids is 1. The number of hydrogen-bond acceptors (Lipinski definition) is 4. The molecule has 0 radical (unpaired) electrons. The first kappa shape index (κ1) is 18.3. The Morgan fingerprint density at radius 3 is 2.42 bits per heavy atom. The van der Waals surface area contributed by atoms with Crippen LogP contribution < -0.4 is 10.1 Å². The number of aliphatic hydroxyl groups excluding tert-OH is 1. The predicted octanol–water partition coefficient (Wildman–Crippen LogP) is 2.05. The lowest BCUT2D eigenvalue weighted by Gasteiger charge is -2.27. The zero-order valence-corrected chi connectivity index (χ0v) is 14.2. The number of aryl methyl sites for hydroxylation is 2. The molecule has 0 aromatic heterocycles. The SMILES string of the molecule is Cc1cc(C(=O)NCC2CCCCC2O)cc(C)c1OCC(=O)O. The van der Waals surface area contributed by atoms with Crippen molar-refractivity contribution < 1.29 is 24.5 Å². The van der Waals surface area contributed by atoms with E-state index >= 15 is 0 Å². The molecule has 0 bridgehead atoms. The minimum Gasteiger partial charge on any atom is -0.481 e. The van der Waals surface area contributed by atoms with Crippen molar-refractivity contribution in [3.8, 4) is 5.75 Å². The number of nitrogens with one attached hydrogen (secondary N) is 1. The van der Waals surface area contributed by atoms with Crippen molar-refractivity contribution in [3.63, 3.8) is 0 Å². The third kappa shape index (κ3) is 4.71. The molecule has 2 rings (SSSR count). The van der Waals surface area contributed by atoms with Gasteiger partial charge in [0.05, 0.1) is 6.10 Å². The topological polar surface area (TPSA) is 95.9 Å². The van der Waals surface area contributed by atoms with Crippen LogP contribution in [0.4, 0.5) is 0 Å². The molecule has 6 nitrogen and oxygen atoms in total. The number of hydrogen-bond donors (Lipinski definition) is 3. The van der Waals surface area contributed by atoms with Crippen molar-refractivity contribution >= 4 is 11.9 Å². The average Bonchev–Trinajstić information content (AvgIpc) is 2.52. The van der Waals surface area contributed by atoms with Crippen LogP contribution in [-0.4, -0.2) is 41.3 Å². The molecule has 6 heteroatoms. The summed E-state index contributed by atoms with van der Waals surface area (Å²) in [4.78, 5) is 23.0. The lowest BCUT2D eigenvalue weighted by Crippen LogP contribution is -2.36. The molecule has 2 unspecified atom stereocenters. The molecule has 0 heterocycles. The van der Waals surface area contributed by atoms with E-state index in [0.717, 1.165) is 36.8 Å². The first-order chi connectivity index (χ1) is 11.4. The zero-order chi connectivity index (χ0) is 17.7. The van der Waals surface area contributed by atoms with Crippen LogP contribution in [0, 0.1) is 19.8 Å². The van der Waals surface area contributed by atoms with Gasteiger partial charge >= 0.3 is 5.97 Å². The molecule has 1 fully saturated rings. The van der Waals surface area contributed by atoms with E-state index in [1.54, 1.807) is 26.0 Å². The highest BCUT2D eigenvalue weighted by Gasteiger charge is 2.23. The van der Waals surface area contributed by atoms with Gasteiger partial charge in [0.1, 0.15) is 5.75 Å². The van der Waals surface area contributed by atoms with Crippen LogP contribution in [0.2, 0.25) is 0 Å². The fourth-order valence-corrected chi connectivity index (χ4v) is 3.19. The minimum atomic E-state index is -1.04. The lowest BCUT2D eigenvalue weighted by atomic mass is 9.86. The second-order valence-electron chi connectivity index (χ2n) is 6.44. The summed E-state index contributed by atoms with van der Waals surface area (Å²) in [7, 11) is 0. The van der Waals surface area contributed by atoms with Gasteiger partial charge in [-0.05, 0) is 49.9 Å². The van der Waals surface area contributed by atoms with Gasteiger partial charge in [0.15, 0.2) is 6.61 Å². The molecule has 0 saturated heterocycles. The first-order valence-corrected chi connectivity index (χ1v) is 8.30. The average molecular weight is 335 g/mol. The van der Waals surface area contributed by atoms with Crippen molar-refractivity contribution in [1.82, 2.24) is 5.32 Å². The van der Waals surface area contributed by atoms with Gasteiger partial charge < -0.3 is 20.3 Å². The van der Waals surface area contributed by atoms with E-state index in [1.807, 2.05) is 0 Å². The van der Waals surface area contributed by atoms with Gasteiger partial charge in [-0.2, -0.15) is 0 Å². The van der Waals surface area contributed by atoms with E-state index in [-0.39, 0.29) is 17.9 Å². The Morgan fingerprint density at radius 2 is 1.83 bits per heavy atom. The molecule has 2 atom stereocenters. The molecular formula is C18H25NO5. The summed E-state index contributed by atoms with van der Waals surface area (Å²) < 4.78 is 5.27. The maximum atomic E-state index is 12.3. The largest absolute Gasteiger partial charge is 0.481 e. The smallest absolute Gasteiger partial charge is 0.341 e. The van der Waals surface area contributed by atoms with Crippen LogP contribution in [0.1, 0.15) is 47.2 Å². The van der Waals surface area contributed by atoms with Crippen LogP contribution in [0.5, 0.6) is 5.75 Å². The number of benzene rings is 1. The van der Waals surface area contributed by atoms with Crippen LogP contribution in [0.3, 0.4) is 0 Å². The van der Waals surface area contributed by atoms with Crippen molar-refractivity contribution in [2.45, 2.75) is 45.6 Å². The molecule has 1 aliphatic carbocycles. The standard InChI is InChI=1S/C18H25NO5/c1-11-7-14(8-12(2)17(11)24-10-16(21)22)18(23)19-9-13-5-3-4-6-15(13)20/h7-8,13,15,20H,3-6,9-10H2,1-2H3,(H,19,23)(H,21,22). The molecule has 1 saturated carbocycles. The fourth-order valence-electron chi connectivity index (χ4n) is 3.19. The molecule has 1 aromatic rings. The lowest BCUT2D eigenvalue weighted by molar-refractivity contribution is -0.139. The van der Waals surface area contributed by atoms with Crippen LogP contribution in [0.25, 0.3) is 0 Å².